The summed E-state index contributed by atoms with van der Waals surface area (Å²) in [5.74, 6) is -0.148. The fourth-order valence-corrected chi connectivity index (χ4v) is 2.33. The first-order valence-electron chi connectivity index (χ1n) is 6.70. The molecule has 0 aliphatic heterocycles. The summed E-state index contributed by atoms with van der Waals surface area (Å²) < 4.78 is 1.68. The quantitative estimate of drug-likeness (QED) is 0.724. The molecular formula is C16H16N4O. The minimum atomic E-state index is -0.148. The highest BCUT2D eigenvalue weighted by atomic mass is 16.2. The van der Waals surface area contributed by atoms with Crippen LogP contribution >= 0.6 is 0 Å². The third-order valence-corrected chi connectivity index (χ3v) is 3.41. The number of fused-ring (bicyclic) bond motifs is 1. The first kappa shape index (κ1) is 13.2. The molecule has 3 rings (SSSR count). The van der Waals surface area contributed by atoms with E-state index in [2.05, 4.69) is 10.4 Å². The highest BCUT2D eigenvalue weighted by molar-refractivity contribution is 5.95. The summed E-state index contributed by atoms with van der Waals surface area (Å²) in [5.41, 5.74) is 9.00. The maximum absolute atomic E-state index is 12.2. The van der Waals surface area contributed by atoms with Gasteiger partial charge in [0.1, 0.15) is 6.54 Å². The third-order valence-electron chi connectivity index (χ3n) is 3.41. The van der Waals surface area contributed by atoms with E-state index in [1.54, 1.807) is 16.9 Å². The van der Waals surface area contributed by atoms with E-state index >= 15 is 0 Å². The zero-order chi connectivity index (χ0) is 14.8. The number of hydrogen-bond donors (Lipinski definition) is 2. The molecular weight excluding hydrogens is 264 g/mol. The van der Waals surface area contributed by atoms with Crippen LogP contribution < -0.4 is 11.1 Å². The van der Waals surface area contributed by atoms with Crippen LogP contribution in [0.25, 0.3) is 10.9 Å². The molecule has 0 radical (unpaired) electrons. The molecule has 1 heterocycles. The zero-order valence-corrected chi connectivity index (χ0v) is 11.7. The highest BCUT2D eigenvalue weighted by Crippen LogP contribution is 2.22. The number of hydrogen-bond acceptors (Lipinski definition) is 3. The minimum Gasteiger partial charge on any atom is -0.397 e. The topological polar surface area (TPSA) is 72.9 Å². The van der Waals surface area contributed by atoms with Gasteiger partial charge in [0.15, 0.2) is 0 Å². The Hall–Kier alpha value is -2.82. The summed E-state index contributed by atoms with van der Waals surface area (Å²) in [4.78, 5) is 12.2. The highest BCUT2D eigenvalue weighted by Gasteiger charge is 2.10. The number of nitrogens with zero attached hydrogens (tertiary/aromatic N) is 2. The molecule has 0 saturated carbocycles. The van der Waals surface area contributed by atoms with Crippen LogP contribution in [-0.4, -0.2) is 15.7 Å². The van der Waals surface area contributed by atoms with E-state index in [0.717, 1.165) is 16.5 Å². The van der Waals surface area contributed by atoms with E-state index in [1.807, 2.05) is 43.3 Å². The standard InChI is InChI=1S/C16H16N4O/c1-11-5-4-7-13(17)16(11)19-15(21)10-20-14-8-3-2-6-12(14)9-18-20/h2-9H,10,17H2,1H3,(H,19,21). The predicted octanol–water partition coefficient (Wildman–Crippen LogP) is 2.57. The molecule has 1 aromatic heterocycles. The largest absolute Gasteiger partial charge is 0.397 e. The van der Waals surface area contributed by atoms with Crippen LogP contribution in [0.4, 0.5) is 11.4 Å². The van der Waals surface area contributed by atoms with Gasteiger partial charge in [-0.1, -0.05) is 30.3 Å². The molecule has 21 heavy (non-hydrogen) atoms. The van der Waals surface area contributed by atoms with E-state index < -0.39 is 0 Å². The molecule has 0 bridgehead atoms. The number of rotatable bonds is 3. The van der Waals surface area contributed by atoms with Gasteiger partial charge in [0.05, 0.1) is 23.1 Å². The summed E-state index contributed by atoms with van der Waals surface area (Å²) in [7, 11) is 0. The van der Waals surface area contributed by atoms with Crippen molar-refractivity contribution in [2.75, 3.05) is 11.1 Å². The average molecular weight is 280 g/mol. The molecule has 0 saturated heterocycles. The van der Waals surface area contributed by atoms with E-state index in [9.17, 15) is 4.79 Å². The Balaban J connectivity index is 1.81. The molecule has 0 aliphatic carbocycles. The SMILES string of the molecule is Cc1cccc(N)c1NC(=O)Cn1ncc2ccccc21. The van der Waals surface area contributed by atoms with Crippen molar-refractivity contribution in [3.05, 3.63) is 54.2 Å². The number of carbonyl (C=O) groups is 1. The Morgan fingerprint density at radius 3 is 2.86 bits per heavy atom. The van der Waals surface area contributed by atoms with Gasteiger partial charge in [0, 0.05) is 5.39 Å². The molecule has 0 aliphatic rings. The number of aryl methyl sites for hydroxylation is 1. The van der Waals surface area contributed by atoms with E-state index in [4.69, 9.17) is 5.73 Å². The normalized spacial score (nSPS) is 10.7. The van der Waals surface area contributed by atoms with Crippen LogP contribution in [0.15, 0.2) is 48.7 Å². The minimum absolute atomic E-state index is 0.148. The number of anilines is 2. The fraction of sp³-hybridized carbons (Fsp3) is 0.125. The lowest BCUT2D eigenvalue weighted by molar-refractivity contribution is -0.116. The summed E-state index contributed by atoms with van der Waals surface area (Å²) >= 11 is 0. The molecule has 5 heteroatoms. The van der Waals surface area contributed by atoms with Gasteiger partial charge in [0.2, 0.25) is 5.91 Å². The molecule has 106 valence electrons. The maximum atomic E-state index is 12.2. The number of nitrogens with two attached hydrogens (primary N) is 1. The van der Waals surface area contributed by atoms with Gasteiger partial charge < -0.3 is 11.1 Å². The number of para-hydroxylation sites is 2. The van der Waals surface area contributed by atoms with Crippen molar-refractivity contribution >= 4 is 28.2 Å². The zero-order valence-electron chi connectivity index (χ0n) is 11.7. The molecule has 3 aromatic rings. The number of aromatic nitrogens is 2. The summed E-state index contributed by atoms with van der Waals surface area (Å²) in [6, 6.07) is 13.3. The van der Waals surface area contributed by atoms with Crippen molar-refractivity contribution in [3.63, 3.8) is 0 Å². The Morgan fingerprint density at radius 1 is 1.24 bits per heavy atom. The summed E-state index contributed by atoms with van der Waals surface area (Å²) in [6.45, 7) is 2.07. The molecule has 3 N–H and O–H groups in total. The first-order valence-corrected chi connectivity index (χ1v) is 6.70. The van der Waals surface area contributed by atoms with Crippen LogP contribution in [0.1, 0.15) is 5.56 Å². The lowest BCUT2D eigenvalue weighted by Gasteiger charge is -2.11. The second-order valence-electron chi connectivity index (χ2n) is 4.95. The van der Waals surface area contributed by atoms with E-state index in [0.29, 0.717) is 11.4 Å². The second-order valence-corrected chi connectivity index (χ2v) is 4.95. The van der Waals surface area contributed by atoms with Gasteiger partial charge in [-0.05, 0) is 24.6 Å². The number of nitrogen functional groups attached to an aromatic ring is 1. The molecule has 0 fully saturated rings. The summed E-state index contributed by atoms with van der Waals surface area (Å²) in [6.07, 6.45) is 1.75. The number of nitrogens with one attached hydrogen (secondary N) is 1. The van der Waals surface area contributed by atoms with Crippen molar-refractivity contribution in [3.8, 4) is 0 Å². The van der Waals surface area contributed by atoms with Crippen molar-refractivity contribution in [1.82, 2.24) is 9.78 Å². The van der Waals surface area contributed by atoms with Crippen LogP contribution in [0.2, 0.25) is 0 Å². The number of benzene rings is 2. The lowest BCUT2D eigenvalue weighted by Crippen LogP contribution is -2.20. The van der Waals surface area contributed by atoms with Crippen molar-refractivity contribution in [1.29, 1.82) is 0 Å². The molecule has 2 aromatic carbocycles. The Labute approximate surface area is 122 Å². The molecule has 1 amide bonds. The molecule has 5 nitrogen and oxygen atoms in total. The smallest absolute Gasteiger partial charge is 0.246 e. The fourth-order valence-electron chi connectivity index (χ4n) is 2.33. The number of amides is 1. The molecule has 0 unspecified atom stereocenters. The number of carbonyl (C=O) groups excluding carboxylic acids is 1. The molecule has 0 atom stereocenters. The van der Waals surface area contributed by atoms with Crippen LogP contribution in [-0.2, 0) is 11.3 Å². The van der Waals surface area contributed by atoms with Gasteiger partial charge in [-0.2, -0.15) is 5.10 Å². The van der Waals surface area contributed by atoms with Gasteiger partial charge >= 0.3 is 0 Å². The van der Waals surface area contributed by atoms with Crippen molar-refractivity contribution < 1.29 is 4.79 Å². The van der Waals surface area contributed by atoms with Crippen molar-refractivity contribution in [2.24, 2.45) is 0 Å². The van der Waals surface area contributed by atoms with Crippen LogP contribution in [0, 0.1) is 6.92 Å². The van der Waals surface area contributed by atoms with Crippen LogP contribution in [0.5, 0.6) is 0 Å². The third kappa shape index (κ3) is 2.58. The van der Waals surface area contributed by atoms with E-state index in [1.165, 1.54) is 0 Å². The monoisotopic (exact) mass is 280 g/mol. The molecule has 0 spiro atoms. The van der Waals surface area contributed by atoms with Gasteiger partial charge in [-0.15, -0.1) is 0 Å². The predicted molar refractivity (Wildman–Crippen MR) is 84.0 cm³/mol. The van der Waals surface area contributed by atoms with Crippen molar-refractivity contribution in [2.45, 2.75) is 13.5 Å². The lowest BCUT2D eigenvalue weighted by atomic mass is 10.1. The Bertz CT molecular complexity index is 787. The Kier molecular flexibility index (Phi) is 3.31. The maximum Gasteiger partial charge on any atom is 0.246 e. The van der Waals surface area contributed by atoms with E-state index in [-0.39, 0.29) is 12.5 Å². The van der Waals surface area contributed by atoms with Gasteiger partial charge in [0.25, 0.3) is 0 Å². The average Bonchev–Trinajstić information content (AvgIpc) is 2.87. The van der Waals surface area contributed by atoms with Gasteiger partial charge in [-0.25, -0.2) is 0 Å². The summed E-state index contributed by atoms with van der Waals surface area (Å²) in [5, 5.41) is 8.12. The van der Waals surface area contributed by atoms with Gasteiger partial charge in [-0.3, -0.25) is 9.48 Å². The second kappa shape index (κ2) is 5.28. The first-order chi connectivity index (χ1) is 10.1. The van der Waals surface area contributed by atoms with Crippen LogP contribution in [0.3, 0.4) is 0 Å². The Morgan fingerprint density at radius 2 is 2.05 bits per heavy atom.